The van der Waals surface area contributed by atoms with Crippen LogP contribution in [0.3, 0.4) is 0 Å². The number of aromatic amines is 1. The fraction of sp³-hybridized carbons (Fsp3) is 0.208. The topological polar surface area (TPSA) is 80.6 Å². The van der Waals surface area contributed by atoms with Crippen molar-refractivity contribution in [2.45, 2.75) is 25.4 Å². The summed E-state index contributed by atoms with van der Waals surface area (Å²) in [6.45, 7) is 1.96. The molecule has 1 atom stereocenters. The Morgan fingerprint density at radius 2 is 2.07 bits per heavy atom. The predicted octanol–water partition coefficient (Wildman–Crippen LogP) is 4.91. The van der Waals surface area contributed by atoms with E-state index in [1.165, 1.54) is 23.0 Å². The first-order valence-corrected chi connectivity index (χ1v) is 10.2. The van der Waals surface area contributed by atoms with Gasteiger partial charge in [0.2, 0.25) is 0 Å². The molecule has 1 aliphatic heterocycles. The normalized spacial score (nSPS) is 16.6. The van der Waals surface area contributed by atoms with Crippen molar-refractivity contribution in [1.82, 2.24) is 19.9 Å². The average Bonchev–Trinajstić information content (AvgIpc) is 3.41. The standard InChI is InChI=1S/C24H22N6/c25-14-18-10-11-19(15-26-18)28-24-9-3-7-22(29-24)23-8-4-12-30(23)16-20-13-17-5-1-2-6-21(17)27-20/h1-3,5-7,9-11,13,15,23,27H,4,8,12,16H2,(H,28,29)/t23-/m0/s1. The van der Waals surface area contributed by atoms with Crippen LogP contribution in [0.5, 0.6) is 0 Å². The monoisotopic (exact) mass is 394 g/mol. The molecule has 0 aliphatic carbocycles. The molecule has 1 aliphatic rings. The molecule has 1 saturated heterocycles. The summed E-state index contributed by atoms with van der Waals surface area (Å²) < 4.78 is 0. The molecular formula is C24H22N6. The number of likely N-dealkylation sites (tertiary alicyclic amines) is 1. The first-order valence-electron chi connectivity index (χ1n) is 10.2. The van der Waals surface area contributed by atoms with E-state index in [1.807, 2.05) is 24.3 Å². The average molecular weight is 394 g/mol. The molecule has 1 fully saturated rings. The van der Waals surface area contributed by atoms with Crippen molar-refractivity contribution in [1.29, 1.82) is 5.26 Å². The van der Waals surface area contributed by atoms with Crippen molar-refractivity contribution >= 4 is 22.4 Å². The van der Waals surface area contributed by atoms with Gasteiger partial charge < -0.3 is 10.3 Å². The first kappa shape index (κ1) is 18.3. The number of anilines is 2. The second-order valence-corrected chi connectivity index (χ2v) is 7.63. The van der Waals surface area contributed by atoms with Crippen molar-refractivity contribution in [3.05, 3.63) is 83.9 Å². The Kier molecular flexibility index (Phi) is 4.88. The predicted molar refractivity (Wildman–Crippen MR) is 117 cm³/mol. The largest absolute Gasteiger partial charge is 0.357 e. The van der Waals surface area contributed by atoms with Gasteiger partial charge in [-0.05, 0) is 61.2 Å². The lowest BCUT2D eigenvalue weighted by molar-refractivity contribution is 0.242. The molecule has 0 amide bonds. The van der Waals surface area contributed by atoms with Crippen LogP contribution in [0.15, 0.2) is 66.9 Å². The van der Waals surface area contributed by atoms with Gasteiger partial charge in [0.15, 0.2) is 0 Å². The first-order chi connectivity index (χ1) is 14.8. The van der Waals surface area contributed by atoms with E-state index in [0.717, 1.165) is 36.7 Å². The van der Waals surface area contributed by atoms with Crippen LogP contribution < -0.4 is 5.32 Å². The minimum atomic E-state index is 0.303. The molecule has 6 nitrogen and oxygen atoms in total. The van der Waals surface area contributed by atoms with Crippen LogP contribution in [0.1, 0.15) is 36.0 Å². The third-order valence-corrected chi connectivity index (χ3v) is 5.59. The quantitative estimate of drug-likeness (QED) is 0.503. The summed E-state index contributed by atoms with van der Waals surface area (Å²) in [7, 11) is 0. The van der Waals surface area contributed by atoms with E-state index in [4.69, 9.17) is 10.2 Å². The minimum Gasteiger partial charge on any atom is -0.357 e. The molecule has 0 bridgehead atoms. The Morgan fingerprint density at radius 3 is 2.90 bits per heavy atom. The number of fused-ring (bicyclic) bond motifs is 1. The summed E-state index contributed by atoms with van der Waals surface area (Å²) in [4.78, 5) is 15.0. The maximum absolute atomic E-state index is 8.90. The Balaban J connectivity index is 1.33. The van der Waals surface area contributed by atoms with Gasteiger partial charge in [-0.1, -0.05) is 24.3 Å². The van der Waals surface area contributed by atoms with Gasteiger partial charge in [0.05, 0.1) is 23.6 Å². The summed E-state index contributed by atoms with van der Waals surface area (Å²) in [6, 6.07) is 22.6. The van der Waals surface area contributed by atoms with Gasteiger partial charge in [0, 0.05) is 17.8 Å². The Hall–Kier alpha value is -3.69. The van der Waals surface area contributed by atoms with Gasteiger partial charge >= 0.3 is 0 Å². The highest BCUT2D eigenvalue weighted by Crippen LogP contribution is 2.33. The van der Waals surface area contributed by atoms with Crippen LogP contribution in [0.4, 0.5) is 11.5 Å². The molecule has 5 rings (SSSR count). The number of rotatable bonds is 5. The molecular weight excluding hydrogens is 372 g/mol. The number of hydrogen-bond donors (Lipinski definition) is 2. The van der Waals surface area contributed by atoms with Crippen molar-refractivity contribution in [3.63, 3.8) is 0 Å². The highest BCUT2D eigenvalue weighted by atomic mass is 15.2. The van der Waals surface area contributed by atoms with E-state index in [2.05, 4.69) is 56.6 Å². The number of H-pyrrole nitrogens is 1. The number of pyridine rings is 2. The van der Waals surface area contributed by atoms with Crippen molar-refractivity contribution in [2.75, 3.05) is 11.9 Å². The van der Waals surface area contributed by atoms with Gasteiger partial charge in [-0.3, -0.25) is 4.90 Å². The van der Waals surface area contributed by atoms with Crippen LogP contribution in [0, 0.1) is 11.3 Å². The summed E-state index contributed by atoms with van der Waals surface area (Å²) in [6.07, 6.45) is 3.93. The number of nitrogens with one attached hydrogen (secondary N) is 2. The zero-order valence-corrected chi connectivity index (χ0v) is 16.5. The maximum atomic E-state index is 8.90. The number of benzene rings is 1. The van der Waals surface area contributed by atoms with Crippen LogP contribution in [0.2, 0.25) is 0 Å². The highest BCUT2D eigenvalue weighted by molar-refractivity contribution is 5.80. The zero-order chi connectivity index (χ0) is 20.3. The number of para-hydroxylation sites is 1. The molecule has 6 heteroatoms. The zero-order valence-electron chi connectivity index (χ0n) is 16.5. The summed E-state index contributed by atoms with van der Waals surface area (Å²) in [5.74, 6) is 0.788. The van der Waals surface area contributed by atoms with Crippen LogP contribution >= 0.6 is 0 Å². The second kappa shape index (κ2) is 7.97. The number of nitrogens with zero attached hydrogens (tertiary/aromatic N) is 4. The van der Waals surface area contributed by atoms with Crippen LogP contribution in [-0.4, -0.2) is 26.4 Å². The minimum absolute atomic E-state index is 0.303. The molecule has 4 heterocycles. The lowest BCUT2D eigenvalue weighted by atomic mass is 10.1. The Morgan fingerprint density at radius 1 is 1.13 bits per heavy atom. The molecule has 148 valence electrons. The van der Waals surface area contributed by atoms with Gasteiger partial charge in [0.25, 0.3) is 0 Å². The summed E-state index contributed by atoms with van der Waals surface area (Å²) in [5, 5.41) is 13.4. The fourth-order valence-electron chi connectivity index (χ4n) is 4.18. The summed E-state index contributed by atoms with van der Waals surface area (Å²) >= 11 is 0. The number of aromatic nitrogens is 3. The van der Waals surface area contributed by atoms with Crippen molar-refractivity contribution in [2.24, 2.45) is 0 Å². The lowest BCUT2D eigenvalue weighted by Crippen LogP contribution is -2.23. The van der Waals surface area contributed by atoms with E-state index in [9.17, 15) is 0 Å². The molecule has 0 radical (unpaired) electrons. The van der Waals surface area contributed by atoms with Gasteiger partial charge in [-0.15, -0.1) is 0 Å². The number of hydrogen-bond acceptors (Lipinski definition) is 5. The molecule has 0 unspecified atom stereocenters. The third-order valence-electron chi connectivity index (χ3n) is 5.59. The van der Waals surface area contributed by atoms with Crippen LogP contribution in [-0.2, 0) is 6.54 Å². The Labute approximate surface area is 175 Å². The SMILES string of the molecule is N#Cc1ccc(Nc2cccc([C@@H]3CCCN3Cc3cc4ccccc4[nH]3)n2)cn1. The van der Waals surface area contributed by atoms with Gasteiger partial charge in [-0.25, -0.2) is 9.97 Å². The maximum Gasteiger partial charge on any atom is 0.140 e. The highest BCUT2D eigenvalue weighted by Gasteiger charge is 2.27. The van der Waals surface area contributed by atoms with Gasteiger partial charge in [-0.2, -0.15) is 5.26 Å². The van der Waals surface area contributed by atoms with E-state index in [1.54, 1.807) is 12.3 Å². The van der Waals surface area contributed by atoms with Gasteiger partial charge in [0.1, 0.15) is 17.6 Å². The van der Waals surface area contributed by atoms with Crippen molar-refractivity contribution in [3.8, 4) is 6.07 Å². The molecule has 2 N–H and O–H groups in total. The molecule has 4 aromatic rings. The second-order valence-electron chi connectivity index (χ2n) is 7.63. The molecule has 0 spiro atoms. The Bertz CT molecular complexity index is 1170. The third kappa shape index (κ3) is 3.76. The van der Waals surface area contributed by atoms with E-state index in [0.29, 0.717) is 11.7 Å². The lowest BCUT2D eigenvalue weighted by Gasteiger charge is -2.24. The van der Waals surface area contributed by atoms with E-state index in [-0.39, 0.29) is 0 Å². The molecule has 30 heavy (non-hydrogen) atoms. The van der Waals surface area contributed by atoms with Crippen LogP contribution in [0.25, 0.3) is 10.9 Å². The van der Waals surface area contributed by atoms with E-state index >= 15 is 0 Å². The fourth-order valence-corrected chi connectivity index (χ4v) is 4.18. The number of nitriles is 1. The van der Waals surface area contributed by atoms with E-state index < -0.39 is 0 Å². The summed E-state index contributed by atoms with van der Waals surface area (Å²) in [5.41, 5.74) is 4.72. The molecule has 3 aromatic heterocycles. The van der Waals surface area contributed by atoms with Crippen molar-refractivity contribution < 1.29 is 0 Å². The smallest absolute Gasteiger partial charge is 0.140 e. The molecule has 0 saturated carbocycles. The molecule has 1 aromatic carbocycles.